The second kappa shape index (κ2) is 13.9. The van der Waals surface area contributed by atoms with Gasteiger partial charge in [0.1, 0.15) is 23.4 Å². The summed E-state index contributed by atoms with van der Waals surface area (Å²) in [5, 5.41) is 13.9. The lowest BCUT2D eigenvalue weighted by Gasteiger charge is -2.23. The topological polar surface area (TPSA) is 75.6 Å². The monoisotopic (exact) mass is 565 g/mol. The fourth-order valence-electron chi connectivity index (χ4n) is 2.97. The molecule has 0 aliphatic heterocycles. The molecule has 0 saturated heterocycles. The minimum absolute atomic E-state index is 0. The third kappa shape index (κ3) is 8.30. The number of nitrogens with one attached hydrogen (secondary N) is 1. The van der Waals surface area contributed by atoms with Crippen LogP contribution in [0, 0.1) is 0 Å². The van der Waals surface area contributed by atoms with Crippen LogP contribution >= 0.6 is 24.0 Å². The molecule has 0 radical (unpaired) electrons. The highest BCUT2D eigenvalue weighted by atomic mass is 127. The first-order valence-corrected chi connectivity index (χ1v) is 9.81. The fraction of sp³-hybridized carbons (Fsp3) is 0.409. The van der Waals surface area contributed by atoms with E-state index in [1.165, 1.54) is 19.2 Å². The molecule has 178 valence electrons. The van der Waals surface area contributed by atoms with E-state index in [0.29, 0.717) is 36.1 Å². The number of ether oxygens (including phenoxy) is 3. The van der Waals surface area contributed by atoms with Gasteiger partial charge in [0.15, 0.2) is 5.96 Å². The Morgan fingerprint density at radius 1 is 1.09 bits per heavy atom. The van der Waals surface area contributed by atoms with E-state index in [1.54, 1.807) is 37.4 Å². The summed E-state index contributed by atoms with van der Waals surface area (Å²) in [6.07, 6.45) is -0.891. The molecule has 10 heteroatoms. The largest absolute Gasteiger partial charge is 0.497 e. The van der Waals surface area contributed by atoms with Crippen molar-refractivity contribution in [3.05, 3.63) is 53.6 Å². The first-order chi connectivity index (χ1) is 14.9. The van der Waals surface area contributed by atoms with Gasteiger partial charge in [0.25, 0.3) is 0 Å². The number of halogens is 3. The van der Waals surface area contributed by atoms with Gasteiger partial charge in [0.2, 0.25) is 0 Å². The van der Waals surface area contributed by atoms with Crippen LogP contribution in [0.15, 0.2) is 47.5 Å². The van der Waals surface area contributed by atoms with E-state index in [9.17, 15) is 13.9 Å². The highest BCUT2D eigenvalue weighted by molar-refractivity contribution is 14.0. The van der Waals surface area contributed by atoms with Gasteiger partial charge in [-0.3, -0.25) is 4.99 Å². The number of hydrogen-bond acceptors (Lipinski definition) is 5. The molecular weight excluding hydrogens is 535 g/mol. The van der Waals surface area contributed by atoms with Crippen LogP contribution in [-0.2, 0) is 6.54 Å². The zero-order valence-corrected chi connectivity index (χ0v) is 20.9. The summed E-state index contributed by atoms with van der Waals surface area (Å²) in [7, 11) is 4.95. The lowest BCUT2D eigenvalue weighted by atomic mass is 10.1. The zero-order chi connectivity index (χ0) is 22.8. The molecule has 0 heterocycles. The van der Waals surface area contributed by atoms with Crippen molar-refractivity contribution in [3.8, 4) is 17.2 Å². The molecule has 0 fully saturated rings. The Morgan fingerprint density at radius 2 is 1.75 bits per heavy atom. The first kappa shape index (κ1) is 27.7. The molecule has 0 aliphatic rings. The van der Waals surface area contributed by atoms with Gasteiger partial charge >= 0.3 is 6.61 Å². The molecule has 1 unspecified atom stereocenters. The second-order valence-corrected chi connectivity index (χ2v) is 6.70. The maximum atomic E-state index is 12.3. The number of aliphatic hydroxyl groups excluding tert-OH is 1. The summed E-state index contributed by atoms with van der Waals surface area (Å²) in [6, 6.07) is 11.6. The molecule has 32 heavy (non-hydrogen) atoms. The Kier molecular flexibility index (Phi) is 12.1. The molecule has 1 atom stereocenters. The van der Waals surface area contributed by atoms with Crippen molar-refractivity contribution in [2.45, 2.75) is 26.2 Å². The van der Waals surface area contributed by atoms with Crippen LogP contribution in [0.2, 0.25) is 0 Å². The first-order valence-electron chi connectivity index (χ1n) is 9.81. The predicted molar refractivity (Wildman–Crippen MR) is 130 cm³/mol. The normalized spacial score (nSPS) is 12.1. The lowest BCUT2D eigenvalue weighted by Crippen LogP contribution is -2.38. The summed E-state index contributed by atoms with van der Waals surface area (Å²) in [5.74, 6) is 1.86. The Morgan fingerprint density at radius 3 is 2.31 bits per heavy atom. The van der Waals surface area contributed by atoms with E-state index in [-0.39, 0.29) is 36.3 Å². The Labute approximate surface area is 204 Å². The summed E-state index contributed by atoms with van der Waals surface area (Å²) >= 11 is 0. The molecule has 0 aliphatic carbocycles. The highest BCUT2D eigenvalue weighted by Crippen LogP contribution is 2.29. The number of hydrogen-bond donors (Lipinski definition) is 2. The van der Waals surface area contributed by atoms with Crippen LogP contribution < -0.4 is 19.5 Å². The van der Waals surface area contributed by atoms with Gasteiger partial charge < -0.3 is 29.5 Å². The second-order valence-electron chi connectivity index (χ2n) is 6.70. The summed E-state index contributed by atoms with van der Waals surface area (Å²) < 4.78 is 39.5. The summed E-state index contributed by atoms with van der Waals surface area (Å²) in [6.45, 7) is 0.330. The van der Waals surface area contributed by atoms with Crippen molar-refractivity contribution >= 4 is 29.9 Å². The van der Waals surface area contributed by atoms with E-state index in [4.69, 9.17) is 9.47 Å². The number of guanidine groups is 1. The average Bonchev–Trinajstić information content (AvgIpc) is 2.76. The van der Waals surface area contributed by atoms with Crippen LogP contribution in [0.3, 0.4) is 0 Å². The van der Waals surface area contributed by atoms with E-state index in [0.717, 1.165) is 5.56 Å². The van der Waals surface area contributed by atoms with Crippen LogP contribution in [0.1, 0.15) is 24.2 Å². The number of alkyl halides is 2. The number of rotatable bonds is 10. The van der Waals surface area contributed by atoms with Crippen molar-refractivity contribution in [1.29, 1.82) is 0 Å². The maximum absolute atomic E-state index is 12.3. The van der Waals surface area contributed by atoms with Gasteiger partial charge in [-0.2, -0.15) is 8.78 Å². The van der Waals surface area contributed by atoms with Gasteiger partial charge in [0, 0.05) is 25.7 Å². The van der Waals surface area contributed by atoms with Crippen LogP contribution in [0.25, 0.3) is 0 Å². The smallest absolute Gasteiger partial charge is 0.387 e. The zero-order valence-electron chi connectivity index (χ0n) is 18.5. The molecule has 2 rings (SSSR count). The summed E-state index contributed by atoms with van der Waals surface area (Å²) in [4.78, 5) is 6.41. The Bertz CT molecular complexity index is 854. The van der Waals surface area contributed by atoms with Crippen LogP contribution in [-0.4, -0.2) is 56.9 Å². The Balaban J connectivity index is 0.00000512. The predicted octanol–water partition coefficient (Wildman–Crippen LogP) is 4.05. The van der Waals surface area contributed by atoms with Crippen molar-refractivity contribution < 1.29 is 28.1 Å². The van der Waals surface area contributed by atoms with E-state index >= 15 is 0 Å². The standard InChI is InChI=1S/C22H29F2N3O4.HI/c1-5-25-22(27(2)14-15-6-8-16(9-7-15)31-21(23)24)26-13-19(28)18-12-17(29-3)10-11-20(18)30-4;/h6-12,19,21,28H,5,13-14H2,1-4H3,(H,25,26);1H. The number of methoxy groups -OCH3 is 2. The van der Waals surface area contributed by atoms with Crippen molar-refractivity contribution in [2.24, 2.45) is 4.99 Å². The minimum atomic E-state index is -2.85. The molecule has 0 aromatic heterocycles. The van der Waals surface area contributed by atoms with Gasteiger partial charge in [-0.05, 0) is 42.8 Å². The molecule has 0 amide bonds. The average molecular weight is 565 g/mol. The number of aliphatic imine (C=N–C) groups is 1. The van der Waals surface area contributed by atoms with E-state index < -0.39 is 12.7 Å². The minimum Gasteiger partial charge on any atom is -0.497 e. The van der Waals surface area contributed by atoms with Crippen molar-refractivity contribution in [3.63, 3.8) is 0 Å². The van der Waals surface area contributed by atoms with Crippen LogP contribution in [0.5, 0.6) is 17.2 Å². The quantitative estimate of drug-likeness (QED) is 0.257. The van der Waals surface area contributed by atoms with Gasteiger partial charge in [-0.15, -0.1) is 24.0 Å². The SMILES string of the molecule is CCNC(=NCC(O)c1cc(OC)ccc1OC)N(C)Cc1ccc(OC(F)F)cc1.I. The molecule has 0 saturated carbocycles. The number of nitrogens with zero attached hydrogens (tertiary/aromatic N) is 2. The van der Waals surface area contributed by atoms with Crippen LogP contribution in [0.4, 0.5) is 8.78 Å². The van der Waals surface area contributed by atoms with E-state index in [2.05, 4.69) is 15.0 Å². The molecule has 7 nitrogen and oxygen atoms in total. The van der Waals surface area contributed by atoms with Gasteiger partial charge in [0.05, 0.1) is 20.8 Å². The molecular formula is C22H30F2IN3O4. The molecule has 2 N–H and O–H groups in total. The Hall–Kier alpha value is -2.34. The van der Waals surface area contributed by atoms with Gasteiger partial charge in [-0.1, -0.05) is 12.1 Å². The number of benzene rings is 2. The lowest BCUT2D eigenvalue weighted by molar-refractivity contribution is -0.0498. The summed E-state index contributed by atoms with van der Waals surface area (Å²) in [5.41, 5.74) is 1.48. The van der Waals surface area contributed by atoms with E-state index in [1.807, 2.05) is 18.9 Å². The van der Waals surface area contributed by atoms with Crippen molar-refractivity contribution in [1.82, 2.24) is 10.2 Å². The molecule has 2 aromatic rings. The number of aliphatic hydroxyl groups is 1. The molecule has 2 aromatic carbocycles. The van der Waals surface area contributed by atoms with Gasteiger partial charge in [-0.25, -0.2) is 0 Å². The molecule has 0 bridgehead atoms. The molecule has 0 spiro atoms. The third-order valence-electron chi connectivity index (χ3n) is 4.47. The fourth-order valence-corrected chi connectivity index (χ4v) is 2.97. The third-order valence-corrected chi connectivity index (χ3v) is 4.47. The maximum Gasteiger partial charge on any atom is 0.387 e. The highest BCUT2D eigenvalue weighted by Gasteiger charge is 2.16. The van der Waals surface area contributed by atoms with Crippen molar-refractivity contribution in [2.75, 3.05) is 34.4 Å².